The van der Waals surface area contributed by atoms with Gasteiger partial charge in [-0.05, 0) is 31.0 Å². The van der Waals surface area contributed by atoms with Crippen molar-refractivity contribution in [3.8, 4) is 0 Å². The summed E-state index contributed by atoms with van der Waals surface area (Å²) < 4.78 is 40.2. The minimum atomic E-state index is -3.59. The first kappa shape index (κ1) is 15.6. The Morgan fingerprint density at radius 1 is 1.50 bits per heavy atom. The first-order chi connectivity index (χ1) is 9.36. The van der Waals surface area contributed by atoms with Crippen molar-refractivity contribution in [2.45, 2.75) is 30.4 Å². The average Bonchev–Trinajstić information content (AvgIpc) is 2.44. The lowest BCUT2D eigenvalue weighted by Gasteiger charge is -2.31. The standard InChI is InChI=1S/C13H19FN2O2S2/c1-3-10-8-16(4-5-19-10)20(17,18)11-6-9(2)13(14)12(15)7-11/h6-7,10H,3-5,8,15H2,1-2H3. The highest BCUT2D eigenvalue weighted by Crippen LogP contribution is 2.28. The maximum Gasteiger partial charge on any atom is 0.243 e. The Morgan fingerprint density at radius 2 is 2.20 bits per heavy atom. The molecule has 0 spiro atoms. The minimum absolute atomic E-state index is 0.0793. The minimum Gasteiger partial charge on any atom is -0.396 e. The van der Waals surface area contributed by atoms with E-state index in [4.69, 9.17) is 5.73 Å². The molecule has 1 heterocycles. The summed E-state index contributed by atoms with van der Waals surface area (Å²) in [6.45, 7) is 4.55. The molecule has 112 valence electrons. The van der Waals surface area contributed by atoms with E-state index in [1.165, 1.54) is 23.4 Å². The number of hydrogen-bond acceptors (Lipinski definition) is 4. The lowest BCUT2D eigenvalue weighted by Crippen LogP contribution is -2.41. The lowest BCUT2D eigenvalue weighted by atomic mass is 10.2. The van der Waals surface area contributed by atoms with Crippen molar-refractivity contribution in [3.05, 3.63) is 23.5 Å². The zero-order chi connectivity index (χ0) is 14.9. The third kappa shape index (κ3) is 2.94. The van der Waals surface area contributed by atoms with E-state index < -0.39 is 15.8 Å². The Kier molecular flexibility index (Phi) is 4.61. The molecule has 2 rings (SSSR count). The fraction of sp³-hybridized carbons (Fsp3) is 0.538. The van der Waals surface area contributed by atoms with E-state index in [1.807, 2.05) is 6.92 Å². The van der Waals surface area contributed by atoms with Crippen LogP contribution in [0.4, 0.5) is 10.1 Å². The van der Waals surface area contributed by atoms with Crippen LogP contribution in [0.5, 0.6) is 0 Å². The van der Waals surface area contributed by atoms with Crippen molar-refractivity contribution >= 4 is 27.5 Å². The highest BCUT2D eigenvalue weighted by molar-refractivity contribution is 8.00. The number of anilines is 1. The summed E-state index contributed by atoms with van der Waals surface area (Å²) in [5.74, 6) is 0.234. The largest absolute Gasteiger partial charge is 0.396 e. The molecule has 0 aromatic heterocycles. The van der Waals surface area contributed by atoms with Gasteiger partial charge in [0.05, 0.1) is 10.6 Å². The molecule has 1 unspecified atom stereocenters. The van der Waals surface area contributed by atoms with Crippen molar-refractivity contribution in [1.82, 2.24) is 4.31 Å². The Bertz CT molecular complexity index is 581. The molecule has 0 amide bonds. The summed E-state index contributed by atoms with van der Waals surface area (Å²) in [6.07, 6.45) is 0.932. The maximum atomic E-state index is 13.5. The van der Waals surface area contributed by atoms with Gasteiger partial charge >= 0.3 is 0 Å². The molecule has 1 aliphatic heterocycles. The van der Waals surface area contributed by atoms with Crippen molar-refractivity contribution in [1.29, 1.82) is 0 Å². The highest BCUT2D eigenvalue weighted by Gasteiger charge is 2.30. The van der Waals surface area contributed by atoms with Crippen molar-refractivity contribution < 1.29 is 12.8 Å². The highest BCUT2D eigenvalue weighted by atomic mass is 32.2. The van der Waals surface area contributed by atoms with Gasteiger partial charge in [-0.2, -0.15) is 16.1 Å². The molecule has 1 saturated heterocycles. The number of benzene rings is 1. The quantitative estimate of drug-likeness (QED) is 0.868. The van der Waals surface area contributed by atoms with Crippen LogP contribution in [0.25, 0.3) is 0 Å². The van der Waals surface area contributed by atoms with Crippen LogP contribution < -0.4 is 5.73 Å². The Morgan fingerprint density at radius 3 is 2.80 bits per heavy atom. The van der Waals surface area contributed by atoms with Crippen LogP contribution >= 0.6 is 11.8 Å². The second-order valence-electron chi connectivity index (χ2n) is 4.91. The molecule has 4 nitrogen and oxygen atoms in total. The first-order valence-corrected chi connectivity index (χ1v) is 9.02. The summed E-state index contributed by atoms with van der Waals surface area (Å²) in [7, 11) is -3.59. The number of hydrogen-bond donors (Lipinski definition) is 1. The van der Waals surface area contributed by atoms with Gasteiger partial charge < -0.3 is 5.73 Å². The number of nitrogen functional groups attached to an aromatic ring is 1. The normalized spacial score (nSPS) is 21.1. The molecule has 1 aliphatic rings. The fourth-order valence-electron chi connectivity index (χ4n) is 2.22. The molecular weight excluding hydrogens is 299 g/mol. The van der Waals surface area contributed by atoms with E-state index >= 15 is 0 Å². The Balaban J connectivity index is 2.35. The number of thioether (sulfide) groups is 1. The summed E-state index contributed by atoms with van der Waals surface area (Å²) in [6, 6.07) is 2.56. The van der Waals surface area contributed by atoms with Crippen molar-refractivity contribution in [2.24, 2.45) is 0 Å². The molecule has 1 fully saturated rings. The van der Waals surface area contributed by atoms with Gasteiger partial charge in [0, 0.05) is 24.1 Å². The molecular formula is C13H19FN2O2S2. The van der Waals surface area contributed by atoms with E-state index in [0.717, 1.165) is 12.2 Å². The van der Waals surface area contributed by atoms with Gasteiger partial charge in [-0.25, -0.2) is 12.8 Å². The van der Waals surface area contributed by atoms with Crippen LogP contribution in [-0.4, -0.2) is 36.8 Å². The predicted molar refractivity (Wildman–Crippen MR) is 80.8 cm³/mol. The molecule has 0 saturated carbocycles. The zero-order valence-corrected chi connectivity index (χ0v) is 13.2. The van der Waals surface area contributed by atoms with Crippen LogP contribution in [0.15, 0.2) is 17.0 Å². The van der Waals surface area contributed by atoms with Crippen molar-refractivity contribution in [3.63, 3.8) is 0 Å². The number of nitrogens with zero attached hydrogens (tertiary/aromatic N) is 1. The summed E-state index contributed by atoms with van der Waals surface area (Å²) in [4.78, 5) is 0.0793. The van der Waals surface area contributed by atoms with Crippen LogP contribution in [-0.2, 0) is 10.0 Å². The van der Waals surface area contributed by atoms with E-state index in [2.05, 4.69) is 0 Å². The molecule has 1 atom stereocenters. The lowest BCUT2D eigenvalue weighted by molar-refractivity contribution is 0.416. The van der Waals surface area contributed by atoms with E-state index in [-0.39, 0.29) is 16.1 Å². The Hall–Kier alpha value is -0.790. The second-order valence-corrected chi connectivity index (χ2v) is 8.25. The molecule has 0 radical (unpaired) electrons. The van der Waals surface area contributed by atoms with E-state index in [1.54, 1.807) is 11.8 Å². The monoisotopic (exact) mass is 318 g/mol. The molecule has 20 heavy (non-hydrogen) atoms. The van der Waals surface area contributed by atoms with E-state index in [0.29, 0.717) is 18.3 Å². The fourth-order valence-corrected chi connectivity index (χ4v) is 5.22. The number of halogens is 1. The molecule has 2 N–H and O–H groups in total. The van der Waals surface area contributed by atoms with E-state index in [9.17, 15) is 12.8 Å². The van der Waals surface area contributed by atoms with Gasteiger partial charge in [-0.15, -0.1) is 0 Å². The van der Waals surface area contributed by atoms with Gasteiger partial charge in [0.2, 0.25) is 10.0 Å². The van der Waals surface area contributed by atoms with Crippen LogP contribution in [0.1, 0.15) is 18.9 Å². The maximum absolute atomic E-state index is 13.5. The van der Waals surface area contributed by atoms with Crippen LogP contribution in [0.2, 0.25) is 0 Å². The van der Waals surface area contributed by atoms with Crippen molar-refractivity contribution in [2.75, 3.05) is 24.6 Å². The molecule has 1 aromatic rings. The third-order valence-corrected chi connectivity index (χ3v) is 6.67. The van der Waals surface area contributed by atoms with Gasteiger partial charge in [-0.3, -0.25) is 0 Å². The van der Waals surface area contributed by atoms with Gasteiger partial charge in [0.1, 0.15) is 5.82 Å². The number of nitrogens with two attached hydrogens (primary N) is 1. The van der Waals surface area contributed by atoms with Crippen LogP contribution in [0.3, 0.4) is 0 Å². The summed E-state index contributed by atoms with van der Waals surface area (Å²) in [5.41, 5.74) is 5.67. The summed E-state index contributed by atoms with van der Waals surface area (Å²) >= 11 is 1.80. The third-order valence-electron chi connectivity index (χ3n) is 3.45. The first-order valence-electron chi connectivity index (χ1n) is 6.53. The molecule has 0 bridgehead atoms. The van der Waals surface area contributed by atoms with Gasteiger partial charge in [-0.1, -0.05) is 6.92 Å². The zero-order valence-electron chi connectivity index (χ0n) is 11.6. The number of aryl methyl sites for hydroxylation is 1. The summed E-state index contributed by atoms with van der Waals surface area (Å²) in [5, 5.41) is 0.317. The van der Waals surface area contributed by atoms with Gasteiger partial charge in [0.25, 0.3) is 0 Å². The molecule has 7 heteroatoms. The SMILES string of the molecule is CCC1CN(S(=O)(=O)c2cc(C)c(F)c(N)c2)CCS1. The molecule has 1 aromatic carbocycles. The van der Waals surface area contributed by atoms with Gasteiger partial charge in [0.15, 0.2) is 0 Å². The number of rotatable bonds is 3. The van der Waals surface area contributed by atoms with Crippen LogP contribution in [0, 0.1) is 12.7 Å². The average molecular weight is 318 g/mol. The topological polar surface area (TPSA) is 63.4 Å². The predicted octanol–water partition coefficient (Wildman–Crippen LogP) is 2.23. The molecule has 0 aliphatic carbocycles. The number of sulfonamides is 1. The second kappa shape index (κ2) is 5.91. The smallest absolute Gasteiger partial charge is 0.243 e. The Labute approximate surface area is 123 Å².